The Hall–Kier alpha value is -1.16. The van der Waals surface area contributed by atoms with Gasteiger partial charge in [0, 0.05) is 23.9 Å². The number of nitrogens with two attached hydrogens (primary N) is 1. The lowest BCUT2D eigenvalue weighted by atomic mass is 9.92. The van der Waals surface area contributed by atoms with Crippen molar-refractivity contribution in [2.24, 2.45) is 5.73 Å². The summed E-state index contributed by atoms with van der Waals surface area (Å²) < 4.78 is 0. The Morgan fingerprint density at radius 1 is 1.50 bits per heavy atom. The summed E-state index contributed by atoms with van der Waals surface area (Å²) in [5.74, 6) is 0.687. The molecule has 0 saturated carbocycles. The number of rotatable bonds is 3. The summed E-state index contributed by atoms with van der Waals surface area (Å²) in [6.45, 7) is 8.14. The highest BCUT2D eigenvalue weighted by molar-refractivity contribution is 5.12. The van der Waals surface area contributed by atoms with Gasteiger partial charge in [0.05, 0.1) is 5.69 Å². The second-order valence-electron chi connectivity index (χ2n) is 5.20. The molecule has 0 radical (unpaired) electrons. The normalized spacial score (nSPS) is 13.8. The number of nitrogens with zero attached hydrogens (tertiary/aromatic N) is 1. The van der Waals surface area contributed by atoms with E-state index >= 15 is 0 Å². The number of aromatic nitrogens is 2. The highest BCUT2D eigenvalue weighted by Crippen LogP contribution is 2.18. The minimum absolute atomic E-state index is 0.0540. The minimum Gasteiger partial charge on any atom is -0.327 e. The molecule has 4 nitrogen and oxygen atoms in total. The van der Waals surface area contributed by atoms with Gasteiger partial charge in [0.25, 0.3) is 5.56 Å². The summed E-state index contributed by atoms with van der Waals surface area (Å²) in [4.78, 5) is 18.7. The number of H-pyrrole nitrogens is 1. The zero-order chi connectivity index (χ0) is 12.3. The second kappa shape index (κ2) is 4.78. The molecule has 0 spiro atoms. The van der Waals surface area contributed by atoms with Gasteiger partial charge in [-0.3, -0.25) is 4.79 Å². The fourth-order valence-corrected chi connectivity index (χ4v) is 1.38. The third-order valence-electron chi connectivity index (χ3n) is 2.54. The average Bonchev–Trinajstić information content (AvgIpc) is 2.15. The molecular weight excluding hydrogens is 202 g/mol. The van der Waals surface area contributed by atoms with E-state index in [1.54, 1.807) is 6.07 Å². The van der Waals surface area contributed by atoms with Crippen molar-refractivity contribution in [1.82, 2.24) is 9.97 Å². The molecule has 3 N–H and O–H groups in total. The Kier molecular flexibility index (Phi) is 3.86. The molecule has 1 heterocycles. The van der Waals surface area contributed by atoms with Crippen molar-refractivity contribution in [2.45, 2.75) is 52.0 Å². The van der Waals surface area contributed by atoms with Crippen LogP contribution in [-0.4, -0.2) is 16.0 Å². The van der Waals surface area contributed by atoms with Crippen LogP contribution < -0.4 is 11.3 Å². The molecule has 0 amide bonds. The largest absolute Gasteiger partial charge is 0.327 e. The first kappa shape index (κ1) is 12.9. The van der Waals surface area contributed by atoms with E-state index in [1.807, 2.05) is 27.7 Å². The van der Waals surface area contributed by atoms with Crippen LogP contribution >= 0.6 is 0 Å². The van der Waals surface area contributed by atoms with E-state index in [2.05, 4.69) is 9.97 Å². The van der Waals surface area contributed by atoms with Crippen molar-refractivity contribution in [1.29, 1.82) is 0 Å². The summed E-state index contributed by atoms with van der Waals surface area (Å²) in [5, 5.41) is 0. The number of aromatic amines is 1. The summed E-state index contributed by atoms with van der Waals surface area (Å²) in [7, 11) is 0. The predicted molar refractivity (Wildman–Crippen MR) is 65.5 cm³/mol. The zero-order valence-electron chi connectivity index (χ0n) is 10.5. The van der Waals surface area contributed by atoms with Gasteiger partial charge in [0.2, 0.25) is 0 Å². The van der Waals surface area contributed by atoms with E-state index in [4.69, 9.17) is 5.73 Å². The van der Waals surface area contributed by atoms with Gasteiger partial charge in [0.1, 0.15) is 5.82 Å². The molecule has 0 aliphatic heterocycles. The zero-order valence-corrected chi connectivity index (χ0v) is 10.5. The van der Waals surface area contributed by atoms with Gasteiger partial charge in [-0.2, -0.15) is 0 Å². The maximum absolute atomic E-state index is 11.5. The quantitative estimate of drug-likeness (QED) is 0.812. The van der Waals surface area contributed by atoms with Crippen LogP contribution in [0.15, 0.2) is 10.9 Å². The number of hydrogen-bond acceptors (Lipinski definition) is 3. The number of nitrogens with one attached hydrogen (secondary N) is 1. The predicted octanol–water partition coefficient (Wildman–Crippen LogP) is 1.35. The third-order valence-corrected chi connectivity index (χ3v) is 2.54. The first-order chi connectivity index (χ1) is 7.32. The van der Waals surface area contributed by atoms with Crippen LogP contribution in [0, 0.1) is 0 Å². The lowest BCUT2D eigenvalue weighted by Crippen LogP contribution is -2.27. The SMILES string of the molecule is CCC(N)Cc1nc(C(C)(C)C)cc(=O)[nH]1. The van der Waals surface area contributed by atoms with E-state index in [0.29, 0.717) is 12.2 Å². The molecule has 1 unspecified atom stereocenters. The van der Waals surface area contributed by atoms with Gasteiger partial charge < -0.3 is 10.7 Å². The molecule has 0 fully saturated rings. The molecule has 1 aromatic heterocycles. The molecule has 0 bridgehead atoms. The van der Waals surface area contributed by atoms with Crippen molar-refractivity contribution in [2.75, 3.05) is 0 Å². The first-order valence-corrected chi connectivity index (χ1v) is 5.69. The smallest absolute Gasteiger partial charge is 0.251 e. The Labute approximate surface area is 96.3 Å². The number of hydrogen-bond donors (Lipinski definition) is 2. The highest BCUT2D eigenvalue weighted by Gasteiger charge is 2.17. The Bertz CT molecular complexity index is 403. The van der Waals surface area contributed by atoms with E-state index < -0.39 is 0 Å². The molecule has 1 atom stereocenters. The minimum atomic E-state index is -0.112. The van der Waals surface area contributed by atoms with Crippen molar-refractivity contribution in [3.63, 3.8) is 0 Å². The maximum atomic E-state index is 11.5. The van der Waals surface area contributed by atoms with Crippen molar-refractivity contribution in [3.8, 4) is 0 Å². The molecular formula is C12H21N3O. The van der Waals surface area contributed by atoms with Gasteiger partial charge >= 0.3 is 0 Å². The van der Waals surface area contributed by atoms with Crippen molar-refractivity contribution in [3.05, 3.63) is 27.9 Å². The van der Waals surface area contributed by atoms with Crippen LogP contribution in [0.25, 0.3) is 0 Å². The van der Waals surface area contributed by atoms with Crippen LogP contribution in [0.4, 0.5) is 0 Å². The van der Waals surface area contributed by atoms with E-state index in [-0.39, 0.29) is 17.0 Å². The van der Waals surface area contributed by atoms with Crippen LogP contribution in [0.5, 0.6) is 0 Å². The van der Waals surface area contributed by atoms with Gasteiger partial charge in [-0.25, -0.2) is 4.98 Å². The van der Waals surface area contributed by atoms with E-state index in [0.717, 1.165) is 12.1 Å². The maximum Gasteiger partial charge on any atom is 0.251 e. The molecule has 1 rings (SSSR count). The van der Waals surface area contributed by atoms with Crippen LogP contribution in [-0.2, 0) is 11.8 Å². The standard InChI is InChI=1S/C12H21N3O/c1-5-8(13)6-10-14-9(12(2,3)4)7-11(16)15-10/h7-8H,5-6,13H2,1-4H3,(H,14,15,16). The molecule has 4 heteroatoms. The lowest BCUT2D eigenvalue weighted by Gasteiger charge is -2.18. The second-order valence-corrected chi connectivity index (χ2v) is 5.20. The molecule has 0 aliphatic carbocycles. The Balaban J connectivity index is 3.04. The van der Waals surface area contributed by atoms with Crippen molar-refractivity contribution >= 4 is 0 Å². The first-order valence-electron chi connectivity index (χ1n) is 5.69. The Morgan fingerprint density at radius 3 is 2.62 bits per heavy atom. The third kappa shape index (κ3) is 3.45. The summed E-state index contributed by atoms with van der Waals surface area (Å²) in [6.07, 6.45) is 1.50. The lowest BCUT2D eigenvalue weighted by molar-refractivity contribution is 0.551. The van der Waals surface area contributed by atoms with Crippen LogP contribution in [0.1, 0.15) is 45.6 Å². The van der Waals surface area contributed by atoms with Gasteiger partial charge in [-0.05, 0) is 6.42 Å². The van der Waals surface area contributed by atoms with Crippen LogP contribution in [0.2, 0.25) is 0 Å². The highest BCUT2D eigenvalue weighted by atomic mass is 16.1. The molecule has 0 saturated heterocycles. The van der Waals surface area contributed by atoms with Crippen molar-refractivity contribution < 1.29 is 0 Å². The van der Waals surface area contributed by atoms with Crippen LogP contribution in [0.3, 0.4) is 0 Å². The van der Waals surface area contributed by atoms with Gasteiger partial charge in [0.15, 0.2) is 0 Å². The molecule has 1 aromatic rings. The molecule has 0 aliphatic rings. The molecule has 90 valence electrons. The van der Waals surface area contributed by atoms with Gasteiger partial charge in [-0.15, -0.1) is 0 Å². The van der Waals surface area contributed by atoms with Gasteiger partial charge in [-0.1, -0.05) is 27.7 Å². The summed E-state index contributed by atoms with van der Waals surface area (Å²) >= 11 is 0. The summed E-state index contributed by atoms with van der Waals surface area (Å²) in [5.41, 5.74) is 6.46. The molecule has 16 heavy (non-hydrogen) atoms. The fourth-order valence-electron chi connectivity index (χ4n) is 1.38. The van der Waals surface area contributed by atoms with E-state index in [9.17, 15) is 4.79 Å². The topological polar surface area (TPSA) is 71.8 Å². The molecule has 0 aromatic carbocycles. The Morgan fingerprint density at radius 2 is 2.12 bits per heavy atom. The monoisotopic (exact) mass is 223 g/mol. The summed E-state index contributed by atoms with van der Waals surface area (Å²) in [6, 6.07) is 1.61. The fraction of sp³-hybridized carbons (Fsp3) is 0.667. The average molecular weight is 223 g/mol. The van der Waals surface area contributed by atoms with E-state index in [1.165, 1.54) is 0 Å².